The molecule has 0 aromatic heterocycles. The van der Waals surface area contributed by atoms with Crippen molar-refractivity contribution in [1.82, 2.24) is 0 Å². The summed E-state index contributed by atoms with van der Waals surface area (Å²) >= 11 is 11.9. The quantitative estimate of drug-likeness (QED) is 0.800. The number of ether oxygens (including phenoxy) is 2. The molecule has 0 saturated carbocycles. The zero-order valence-corrected chi connectivity index (χ0v) is 16.0. The Balaban J connectivity index is 2.25. The molecule has 2 rings (SSSR count). The molecule has 6 nitrogen and oxygen atoms in total. The monoisotopic (exact) mass is 396 g/mol. The summed E-state index contributed by atoms with van der Waals surface area (Å²) in [5.41, 5.74) is 0.868. The van der Waals surface area contributed by atoms with Crippen molar-refractivity contribution in [3.63, 3.8) is 0 Å². The summed E-state index contributed by atoms with van der Waals surface area (Å²) in [7, 11) is 3.00. The molecule has 2 aromatic carbocycles. The zero-order valence-electron chi connectivity index (χ0n) is 14.5. The van der Waals surface area contributed by atoms with E-state index in [4.69, 9.17) is 32.7 Å². The highest BCUT2D eigenvalue weighted by atomic mass is 35.5. The molecule has 26 heavy (non-hydrogen) atoms. The first-order chi connectivity index (χ1) is 12.3. The van der Waals surface area contributed by atoms with E-state index in [1.165, 1.54) is 26.0 Å². The SMILES string of the molecule is COc1ccc(OC)c(N(CC(=O)Nc2cc(Cl)cc(Cl)c2)C(C)=O)c1. The fourth-order valence-corrected chi connectivity index (χ4v) is 2.87. The maximum absolute atomic E-state index is 12.4. The Hall–Kier alpha value is -2.44. The average Bonchev–Trinajstić information content (AvgIpc) is 2.58. The van der Waals surface area contributed by atoms with Gasteiger partial charge in [0.15, 0.2) is 0 Å². The second-order valence-electron chi connectivity index (χ2n) is 5.35. The Kier molecular flexibility index (Phi) is 6.71. The minimum Gasteiger partial charge on any atom is -0.497 e. The summed E-state index contributed by atoms with van der Waals surface area (Å²) < 4.78 is 10.5. The Morgan fingerprint density at radius 3 is 2.23 bits per heavy atom. The number of nitrogens with one attached hydrogen (secondary N) is 1. The van der Waals surface area contributed by atoms with E-state index in [2.05, 4.69) is 5.32 Å². The maximum Gasteiger partial charge on any atom is 0.244 e. The minimum absolute atomic E-state index is 0.219. The summed E-state index contributed by atoms with van der Waals surface area (Å²) in [4.78, 5) is 25.8. The lowest BCUT2D eigenvalue weighted by Gasteiger charge is -2.23. The standard InChI is InChI=1S/C18H18Cl2N2O4/c1-11(23)22(16-9-15(25-2)4-5-17(16)26-3)10-18(24)21-14-7-12(19)6-13(20)8-14/h4-9H,10H2,1-3H3,(H,21,24). The minimum atomic E-state index is -0.414. The van der Waals surface area contributed by atoms with Gasteiger partial charge in [0, 0.05) is 28.7 Å². The Labute approximate surface area is 161 Å². The molecule has 1 N–H and O–H groups in total. The lowest BCUT2D eigenvalue weighted by atomic mass is 10.2. The summed E-state index contributed by atoms with van der Waals surface area (Å²) in [6.45, 7) is 1.14. The predicted octanol–water partition coefficient (Wildman–Crippen LogP) is 4.00. The van der Waals surface area contributed by atoms with Gasteiger partial charge in [-0.25, -0.2) is 0 Å². The van der Waals surface area contributed by atoms with Crippen LogP contribution in [0.1, 0.15) is 6.92 Å². The number of carbonyl (C=O) groups excluding carboxylic acids is 2. The summed E-state index contributed by atoms with van der Waals surface area (Å²) in [6, 6.07) is 9.68. The number of nitrogens with zero attached hydrogens (tertiary/aromatic N) is 1. The van der Waals surface area contributed by atoms with Crippen LogP contribution in [0.5, 0.6) is 11.5 Å². The van der Waals surface area contributed by atoms with Crippen LogP contribution in [0.2, 0.25) is 10.0 Å². The maximum atomic E-state index is 12.4. The number of amides is 2. The smallest absolute Gasteiger partial charge is 0.244 e. The second kappa shape index (κ2) is 8.78. The molecule has 138 valence electrons. The molecule has 0 spiro atoms. The first-order valence-corrected chi connectivity index (χ1v) is 8.35. The largest absolute Gasteiger partial charge is 0.497 e. The van der Waals surface area contributed by atoms with Gasteiger partial charge in [-0.05, 0) is 30.3 Å². The van der Waals surface area contributed by atoms with Gasteiger partial charge in [-0.2, -0.15) is 0 Å². The summed E-state index contributed by atoms with van der Waals surface area (Å²) in [6.07, 6.45) is 0. The molecular weight excluding hydrogens is 379 g/mol. The van der Waals surface area contributed by atoms with E-state index in [0.717, 1.165) is 0 Å². The van der Waals surface area contributed by atoms with E-state index < -0.39 is 5.91 Å². The van der Waals surface area contributed by atoms with Gasteiger partial charge in [0.05, 0.1) is 19.9 Å². The topological polar surface area (TPSA) is 67.9 Å². The third-order valence-electron chi connectivity index (χ3n) is 3.50. The fraction of sp³-hybridized carbons (Fsp3) is 0.222. The van der Waals surface area contributed by atoms with E-state index in [0.29, 0.717) is 32.9 Å². The van der Waals surface area contributed by atoms with Crippen LogP contribution >= 0.6 is 23.2 Å². The summed E-state index contributed by atoms with van der Waals surface area (Å²) in [5, 5.41) is 3.46. The zero-order chi connectivity index (χ0) is 19.3. The van der Waals surface area contributed by atoms with Gasteiger partial charge >= 0.3 is 0 Å². The van der Waals surface area contributed by atoms with E-state index in [1.807, 2.05) is 0 Å². The molecule has 0 aliphatic rings. The van der Waals surface area contributed by atoms with Crippen LogP contribution in [0.4, 0.5) is 11.4 Å². The van der Waals surface area contributed by atoms with Crippen molar-refractivity contribution in [3.05, 3.63) is 46.4 Å². The average molecular weight is 397 g/mol. The molecule has 0 aliphatic heterocycles. The number of hydrogen-bond acceptors (Lipinski definition) is 4. The highest BCUT2D eigenvalue weighted by Crippen LogP contribution is 2.32. The molecule has 0 heterocycles. The number of carbonyl (C=O) groups is 2. The molecule has 2 amide bonds. The van der Waals surface area contributed by atoms with Gasteiger partial charge in [0.25, 0.3) is 0 Å². The van der Waals surface area contributed by atoms with Gasteiger partial charge < -0.3 is 14.8 Å². The number of methoxy groups -OCH3 is 2. The third kappa shape index (κ3) is 5.03. The second-order valence-corrected chi connectivity index (χ2v) is 6.22. The van der Waals surface area contributed by atoms with Crippen LogP contribution in [0.15, 0.2) is 36.4 Å². The Morgan fingerprint density at radius 1 is 1.04 bits per heavy atom. The molecule has 0 aliphatic carbocycles. The molecular formula is C18H18Cl2N2O4. The van der Waals surface area contributed by atoms with E-state index in [1.54, 1.807) is 36.4 Å². The molecule has 0 bridgehead atoms. The number of hydrogen-bond donors (Lipinski definition) is 1. The highest BCUT2D eigenvalue weighted by molar-refractivity contribution is 6.35. The molecule has 0 saturated heterocycles. The van der Waals surface area contributed by atoms with Crippen LogP contribution in [0, 0.1) is 0 Å². The summed E-state index contributed by atoms with van der Waals surface area (Å²) in [5.74, 6) is 0.243. The predicted molar refractivity (Wildman–Crippen MR) is 103 cm³/mol. The van der Waals surface area contributed by atoms with Crippen LogP contribution < -0.4 is 19.7 Å². The van der Waals surface area contributed by atoms with Crippen molar-refractivity contribution < 1.29 is 19.1 Å². The van der Waals surface area contributed by atoms with Crippen molar-refractivity contribution in [2.45, 2.75) is 6.92 Å². The third-order valence-corrected chi connectivity index (χ3v) is 3.94. The first-order valence-electron chi connectivity index (χ1n) is 7.60. The number of anilines is 2. The molecule has 0 unspecified atom stereocenters. The number of rotatable bonds is 6. The number of benzene rings is 2. The lowest BCUT2D eigenvalue weighted by molar-refractivity contribution is -0.120. The first kappa shape index (κ1) is 19.9. The van der Waals surface area contributed by atoms with Crippen molar-refractivity contribution in [2.24, 2.45) is 0 Å². The van der Waals surface area contributed by atoms with Crippen molar-refractivity contribution in [3.8, 4) is 11.5 Å². The lowest BCUT2D eigenvalue weighted by Crippen LogP contribution is -2.37. The van der Waals surface area contributed by atoms with Crippen LogP contribution in [-0.2, 0) is 9.59 Å². The van der Waals surface area contributed by atoms with Crippen molar-refractivity contribution in [1.29, 1.82) is 0 Å². The van der Waals surface area contributed by atoms with Crippen molar-refractivity contribution >= 4 is 46.4 Å². The Bertz CT molecular complexity index is 807. The van der Waals surface area contributed by atoms with Crippen LogP contribution in [0.3, 0.4) is 0 Å². The van der Waals surface area contributed by atoms with Gasteiger partial charge in [-0.3, -0.25) is 14.5 Å². The van der Waals surface area contributed by atoms with Crippen LogP contribution in [-0.4, -0.2) is 32.6 Å². The number of halogens is 2. The highest BCUT2D eigenvalue weighted by Gasteiger charge is 2.20. The van der Waals surface area contributed by atoms with Gasteiger partial charge in [-0.15, -0.1) is 0 Å². The van der Waals surface area contributed by atoms with E-state index in [-0.39, 0.29) is 12.5 Å². The fourth-order valence-electron chi connectivity index (χ4n) is 2.34. The molecule has 0 atom stereocenters. The molecule has 0 radical (unpaired) electrons. The normalized spacial score (nSPS) is 10.2. The molecule has 8 heteroatoms. The van der Waals surface area contributed by atoms with Crippen molar-refractivity contribution in [2.75, 3.05) is 31.0 Å². The molecule has 2 aromatic rings. The van der Waals surface area contributed by atoms with E-state index >= 15 is 0 Å². The Morgan fingerprint density at radius 2 is 1.69 bits per heavy atom. The van der Waals surface area contributed by atoms with Crippen LogP contribution in [0.25, 0.3) is 0 Å². The van der Waals surface area contributed by atoms with Gasteiger partial charge in [0.2, 0.25) is 11.8 Å². The molecule has 0 fully saturated rings. The van der Waals surface area contributed by atoms with E-state index in [9.17, 15) is 9.59 Å². The van der Waals surface area contributed by atoms with Gasteiger partial charge in [0.1, 0.15) is 18.0 Å². The van der Waals surface area contributed by atoms with Gasteiger partial charge in [-0.1, -0.05) is 23.2 Å².